The second-order valence-corrected chi connectivity index (χ2v) is 30.5. The van der Waals surface area contributed by atoms with Gasteiger partial charge in [0.1, 0.15) is 0 Å². The lowest BCUT2D eigenvalue weighted by Crippen LogP contribution is -2.00. The van der Waals surface area contributed by atoms with E-state index in [2.05, 4.69) is 315 Å². The van der Waals surface area contributed by atoms with Gasteiger partial charge in [0.05, 0.1) is 22.4 Å². The van der Waals surface area contributed by atoms with E-state index in [0.29, 0.717) is 34.9 Å². The second kappa shape index (κ2) is 29.0. The number of hydrogen-bond acceptors (Lipinski definition) is 10. The molecule has 114 heavy (non-hydrogen) atoms. The Morgan fingerprint density at radius 3 is 0.754 bits per heavy atom. The molecule has 0 aliphatic heterocycles. The highest BCUT2D eigenvalue weighted by Gasteiger charge is 2.24. The van der Waals surface area contributed by atoms with E-state index in [1.165, 1.54) is 106 Å². The van der Waals surface area contributed by atoms with Gasteiger partial charge in [-0.15, -0.1) is 22.7 Å². The van der Waals surface area contributed by atoms with Gasteiger partial charge in [0.15, 0.2) is 34.9 Å². The van der Waals surface area contributed by atoms with Crippen LogP contribution in [-0.4, -0.2) is 39.9 Å². The summed E-state index contributed by atoms with van der Waals surface area (Å²) in [4.78, 5) is 41.0. The van der Waals surface area contributed by atoms with E-state index in [-0.39, 0.29) is 0 Å². The maximum absolute atomic E-state index is 5.50. The van der Waals surface area contributed by atoms with Gasteiger partial charge in [0, 0.05) is 95.6 Å². The highest BCUT2D eigenvalue weighted by atomic mass is 32.1. The zero-order valence-electron chi connectivity index (χ0n) is 61.3. The summed E-state index contributed by atoms with van der Waals surface area (Å²) in [6.07, 6.45) is 0. The third-order valence-corrected chi connectivity index (χ3v) is 23.9. The van der Waals surface area contributed by atoms with Crippen molar-refractivity contribution in [3.8, 4) is 135 Å². The van der Waals surface area contributed by atoms with Crippen molar-refractivity contribution < 1.29 is 0 Å². The van der Waals surface area contributed by atoms with Crippen LogP contribution in [0, 0.1) is 0 Å². The van der Waals surface area contributed by atoms with E-state index in [9.17, 15) is 0 Å². The van der Waals surface area contributed by atoms with Gasteiger partial charge < -0.3 is 0 Å². The Morgan fingerprint density at radius 1 is 0.158 bits per heavy atom. The highest BCUT2D eigenvalue weighted by molar-refractivity contribution is 7.27. The first kappa shape index (κ1) is 67.4. The largest absolute Gasteiger partial charge is 0.247 e. The lowest BCUT2D eigenvalue weighted by atomic mass is 9.93. The topological polar surface area (TPSA) is 103 Å². The molecule has 0 unspecified atom stereocenters. The van der Waals surface area contributed by atoms with Crippen LogP contribution in [0.1, 0.15) is 0 Å². The zero-order chi connectivity index (χ0) is 75.4. The molecule has 0 N–H and O–H groups in total. The summed E-state index contributed by atoms with van der Waals surface area (Å²) in [6, 6.07) is 136. The molecule has 0 saturated carbocycles. The molecular formula is C104H64N8S2. The van der Waals surface area contributed by atoms with Crippen LogP contribution in [0.3, 0.4) is 0 Å². The number of nitrogens with zero attached hydrogens (tertiary/aromatic N) is 8. The van der Waals surface area contributed by atoms with Crippen LogP contribution in [0.25, 0.3) is 219 Å². The average Bonchev–Trinajstić information content (AvgIpc) is 1.50. The number of rotatable bonds is 12. The minimum Gasteiger partial charge on any atom is -0.247 e. The van der Waals surface area contributed by atoms with Crippen LogP contribution in [-0.2, 0) is 0 Å². The van der Waals surface area contributed by atoms with Gasteiger partial charge in [0.25, 0.3) is 0 Å². The molecule has 0 amide bonds. The van der Waals surface area contributed by atoms with Crippen LogP contribution >= 0.6 is 22.7 Å². The van der Waals surface area contributed by atoms with Gasteiger partial charge in [-0.3, -0.25) is 0 Å². The molecule has 6 heterocycles. The van der Waals surface area contributed by atoms with Crippen molar-refractivity contribution in [1.29, 1.82) is 0 Å². The van der Waals surface area contributed by atoms with Crippen LogP contribution in [0.4, 0.5) is 0 Å². The van der Waals surface area contributed by atoms with Crippen molar-refractivity contribution in [2.45, 2.75) is 0 Å². The summed E-state index contributed by atoms with van der Waals surface area (Å²) in [5.41, 5.74) is 21.0. The molecule has 0 aliphatic carbocycles. The molecule has 0 spiro atoms. The van der Waals surface area contributed by atoms with Crippen LogP contribution in [0.5, 0.6) is 0 Å². The lowest BCUT2D eigenvalue weighted by Gasteiger charge is -2.13. The maximum Gasteiger partial charge on any atom is 0.164 e. The highest BCUT2D eigenvalue weighted by Crippen LogP contribution is 2.49. The molecule has 8 nitrogen and oxygen atoms in total. The average molecular weight is 1490 g/mol. The fraction of sp³-hybridized carbons (Fsp3) is 0. The number of pyridine rings is 2. The summed E-state index contributed by atoms with van der Waals surface area (Å²) in [7, 11) is 0. The quantitative estimate of drug-likeness (QED) is 0.119. The number of thiophene rings is 2. The van der Waals surface area contributed by atoms with E-state index in [4.69, 9.17) is 39.9 Å². The summed E-state index contributed by atoms with van der Waals surface area (Å²) in [5.74, 6) is 3.78. The van der Waals surface area contributed by atoms with Gasteiger partial charge in [-0.05, 0) is 90.3 Å². The molecule has 0 radical (unpaired) electrons. The summed E-state index contributed by atoms with van der Waals surface area (Å²) < 4.78 is 4.99. The van der Waals surface area contributed by atoms with Crippen molar-refractivity contribution in [2.75, 3.05) is 0 Å². The van der Waals surface area contributed by atoms with Gasteiger partial charge >= 0.3 is 0 Å². The molecule has 16 aromatic carbocycles. The molecule has 0 bridgehead atoms. The van der Waals surface area contributed by atoms with Gasteiger partial charge in [-0.2, -0.15) is 0 Å². The number of benzene rings is 16. The molecule has 0 aliphatic rings. The van der Waals surface area contributed by atoms with Crippen LogP contribution in [0.2, 0.25) is 0 Å². The van der Waals surface area contributed by atoms with E-state index in [1.807, 2.05) is 95.5 Å². The van der Waals surface area contributed by atoms with Crippen molar-refractivity contribution in [3.63, 3.8) is 0 Å². The number of aromatic nitrogens is 8. The number of hydrogen-bond donors (Lipinski definition) is 0. The van der Waals surface area contributed by atoms with E-state index < -0.39 is 0 Å². The number of fused-ring (bicyclic) bond motifs is 12. The smallest absolute Gasteiger partial charge is 0.164 e. The third kappa shape index (κ3) is 12.4. The molecule has 0 fully saturated rings. The van der Waals surface area contributed by atoms with Crippen molar-refractivity contribution in [2.24, 2.45) is 0 Å². The molecule has 0 atom stereocenters. The van der Waals surface area contributed by atoms with Crippen LogP contribution < -0.4 is 0 Å². The second-order valence-electron chi connectivity index (χ2n) is 28.4. The third-order valence-electron chi connectivity index (χ3n) is 21.5. The molecule has 22 rings (SSSR count). The normalized spacial score (nSPS) is 11.5. The van der Waals surface area contributed by atoms with Crippen molar-refractivity contribution >= 4 is 106 Å². The molecule has 10 heteroatoms. The standard InChI is InChI=1S/C58H36N4S.C46H28N4S/c1-3-13-37(14-4-1)39-25-31-43(32-26-39)56-60-57(44-33-27-40(28-34-44)38-15-5-2-6-16-38)62-58(61-56)45-35-29-42(30-36-45)54-53-49-20-9-10-24-51(49)63-55(53)52-48(22-12-23-50(52)59-54)47-21-11-18-41-17-7-8-19-46(41)47;1-3-14-31(15-4-1)44-48-45(32-16-5-2-6-17-32)50-46(49-44)33-27-25-30(26-28-33)42-41-37-20-9-10-24-39(37)51-43(41)40-36(22-12-23-38(40)47-42)35-21-11-18-29-13-7-8-19-34(29)35/h1-36H;1-28H. The van der Waals surface area contributed by atoms with Crippen molar-refractivity contribution in [3.05, 3.63) is 388 Å². The lowest BCUT2D eigenvalue weighted by molar-refractivity contribution is 1.07. The Hall–Kier alpha value is -14.7. The minimum atomic E-state index is 0.609. The Balaban J connectivity index is 0.000000146. The maximum atomic E-state index is 5.50. The molecule has 6 aromatic heterocycles. The minimum absolute atomic E-state index is 0.609. The fourth-order valence-electron chi connectivity index (χ4n) is 15.9. The molecule has 0 saturated heterocycles. The SMILES string of the molecule is c1ccc(-c2ccc(-c3nc(-c4ccc(-c5ccccc5)cc4)nc(-c4ccc(-c5nc6cccc(-c7cccc8ccccc78)c6c6sc7ccccc7c56)cc4)n3)cc2)cc1.c1ccc(-c2nc(-c3ccccc3)nc(-c3ccc(-c4nc5cccc(-c6cccc7ccccc67)c5c5sc6ccccc6c45)cc3)n2)cc1. The molecular weight excluding hydrogens is 1430 g/mol. The molecule has 22 aromatic rings. The Kier molecular flexibility index (Phi) is 17.1. The summed E-state index contributed by atoms with van der Waals surface area (Å²) in [5, 5.41) is 12.1. The predicted octanol–water partition coefficient (Wildman–Crippen LogP) is 27.9. The first-order chi connectivity index (χ1) is 56.5. The first-order valence-corrected chi connectivity index (χ1v) is 39.7. The fourth-order valence-corrected chi connectivity index (χ4v) is 18.5. The van der Waals surface area contributed by atoms with E-state index in [0.717, 1.165) is 78.1 Å². The predicted molar refractivity (Wildman–Crippen MR) is 476 cm³/mol. The Bertz CT molecular complexity index is 7250. The first-order valence-electron chi connectivity index (χ1n) is 38.1. The Labute approximate surface area is 665 Å². The van der Waals surface area contributed by atoms with E-state index >= 15 is 0 Å². The van der Waals surface area contributed by atoms with Crippen LogP contribution in [0.15, 0.2) is 388 Å². The van der Waals surface area contributed by atoms with E-state index in [1.54, 1.807) is 0 Å². The Morgan fingerprint density at radius 2 is 0.404 bits per heavy atom. The molecule has 532 valence electrons. The van der Waals surface area contributed by atoms with Gasteiger partial charge in [0.2, 0.25) is 0 Å². The van der Waals surface area contributed by atoms with Gasteiger partial charge in [-0.25, -0.2) is 39.9 Å². The van der Waals surface area contributed by atoms with Gasteiger partial charge in [-0.1, -0.05) is 364 Å². The van der Waals surface area contributed by atoms with Crippen molar-refractivity contribution in [1.82, 2.24) is 39.9 Å². The summed E-state index contributed by atoms with van der Waals surface area (Å²) >= 11 is 3.69. The summed E-state index contributed by atoms with van der Waals surface area (Å²) in [6.45, 7) is 0. The zero-order valence-corrected chi connectivity index (χ0v) is 63.0. The monoisotopic (exact) mass is 1490 g/mol.